The lowest BCUT2D eigenvalue weighted by Crippen LogP contribution is -2.53. The quantitative estimate of drug-likeness (QED) is 0.565. The Kier molecular flexibility index (Phi) is 6.81. The molecule has 3 aromatic rings. The van der Waals surface area contributed by atoms with Gasteiger partial charge in [-0.2, -0.15) is 4.98 Å². The van der Waals surface area contributed by atoms with E-state index in [1.54, 1.807) is 20.1 Å². The first kappa shape index (κ1) is 22.0. The Balaban J connectivity index is 1.29. The van der Waals surface area contributed by atoms with Crippen molar-refractivity contribution in [3.8, 4) is 17.1 Å². The number of hydrogen-bond acceptors (Lipinski definition) is 9. The molecule has 1 aliphatic heterocycles. The van der Waals surface area contributed by atoms with E-state index in [2.05, 4.69) is 30.4 Å². The monoisotopic (exact) mass is 440 g/mol. The fraction of sp³-hybridized carbons (Fsp3) is 0.455. The summed E-state index contributed by atoms with van der Waals surface area (Å²) in [5, 5.41) is 10.8. The third kappa shape index (κ3) is 5.14. The molecule has 3 heterocycles. The lowest BCUT2D eigenvalue weighted by Gasteiger charge is -2.37. The van der Waals surface area contributed by atoms with E-state index < -0.39 is 0 Å². The molecule has 1 N–H and O–H groups in total. The Labute approximate surface area is 186 Å². The molecule has 0 radical (unpaired) electrons. The zero-order valence-electron chi connectivity index (χ0n) is 18.6. The Morgan fingerprint density at radius 1 is 1.16 bits per heavy atom. The average Bonchev–Trinajstić information content (AvgIpc) is 3.44. The van der Waals surface area contributed by atoms with Crippen LogP contribution in [0.2, 0.25) is 0 Å². The van der Waals surface area contributed by atoms with Crippen molar-refractivity contribution < 1.29 is 18.6 Å². The number of carbonyl (C=O) groups is 1. The first-order valence-corrected chi connectivity index (χ1v) is 10.7. The number of nitrogens with one attached hydrogen (secondary N) is 1. The van der Waals surface area contributed by atoms with E-state index in [4.69, 9.17) is 13.8 Å². The van der Waals surface area contributed by atoms with Crippen molar-refractivity contribution in [1.82, 2.24) is 25.1 Å². The molecule has 10 nitrogen and oxygen atoms in total. The molecular weight excluding hydrogens is 412 g/mol. The molecule has 0 bridgehead atoms. The van der Waals surface area contributed by atoms with Crippen LogP contribution in [0.4, 0.5) is 5.82 Å². The molecular formula is C22H28N6O4. The van der Waals surface area contributed by atoms with E-state index in [0.717, 1.165) is 43.9 Å². The van der Waals surface area contributed by atoms with Crippen molar-refractivity contribution in [3.63, 3.8) is 0 Å². The molecule has 0 saturated carbocycles. The minimum atomic E-state index is -0.209. The van der Waals surface area contributed by atoms with E-state index >= 15 is 0 Å². The number of hydrogen-bond donors (Lipinski definition) is 1. The van der Waals surface area contributed by atoms with Crippen molar-refractivity contribution >= 4 is 11.7 Å². The molecule has 4 rings (SSSR count). The van der Waals surface area contributed by atoms with Gasteiger partial charge in [0.25, 0.3) is 0 Å². The summed E-state index contributed by atoms with van der Waals surface area (Å²) in [6.45, 7) is 7.58. The van der Waals surface area contributed by atoms with Crippen LogP contribution in [0, 0.1) is 6.92 Å². The van der Waals surface area contributed by atoms with Crippen LogP contribution in [0.3, 0.4) is 0 Å². The van der Waals surface area contributed by atoms with Gasteiger partial charge in [-0.05, 0) is 37.6 Å². The van der Waals surface area contributed by atoms with Gasteiger partial charge in [0.05, 0.1) is 19.7 Å². The van der Waals surface area contributed by atoms with Crippen LogP contribution in [-0.2, 0) is 11.3 Å². The lowest BCUT2D eigenvalue weighted by molar-refractivity contribution is -0.122. The van der Waals surface area contributed by atoms with E-state index in [-0.39, 0.29) is 11.9 Å². The highest BCUT2D eigenvalue weighted by Crippen LogP contribution is 2.20. The zero-order valence-corrected chi connectivity index (χ0v) is 18.6. The van der Waals surface area contributed by atoms with Crippen LogP contribution in [-0.4, -0.2) is 70.3 Å². The molecule has 0 aliphatic carbocycles. The Morgan fingerprint density at radius 3 is 2.53 bits per heavy atom. The molecule has 1 saturated heterocycles. The summed E-state index contributed by atoms with van der Waals surface area (Å²) in [4.78, 5) is 21.7. The summed E-state index contributed by atoms with van der Waals surface area (Å²) >= 11 is 0. The second-order valence-corrected chi connectivity index (χ2v) is 7.79. The van der Waals surface area contributed by atoms with Crippen LogP contribution < -0.4 is 10.1 Å². The molecule has 170 valence electrons. The number of rotatable bonds is 8. The lowest BCUT2D eigenvalue weighted by atomic mass is 10.1. The van der Waals surface area contributed by atoms with Crippen molar-refractivity contribution in [2.24, 2.45) is 0 Å². The van der Waals surface area contributed by atoms with Gasteiger partial charge in [-0.25, -0.2) is 0 Å². The SMILES string of the molecule is CCC(C(=O)Nc1cc(C)on1)N1CCN(Cc2nc(-c3ccc(OC)cc3)no2)CC1. The van der Waals surface area contributed by atoms with Crippen molar-refractivity contribution in [2.45, 2.75) is 32.9 Å². The largest absolute Gasteiger partial charge is 0.497 e. The highest BCUT2D eigenvalue weighted by molar-refractivity contribution is 5.94. The second-order valence-electron chi connectivity index (χ2n) is 7.79. The molecule has 1 aliphatic rings. The minimum absolute atomic E-state index is 0.0599. The van der Waals surface area contributed by atoms with Crippen LogP contribution in [0.25, 0.3) is 11.4 Å². The zero-order chi connectivity index (χ0) is 22.5. The van der Waals surface area contributed by atoms with Crippen LogP contribution in [0.5, 0.6) is 5.75 Å². The van der Waals surface area contributed by atoms with Gasteiger partial charge in [-0.1, -0.05) is 17.2 Å². The van der Waals surface area contributed by atoms with Crippen LogP contribution in [0.15, 0.2) is 39.4 Å². The number of aryl methyl sites for hydroxylation is 1. The van der Waals surface area contributed by atoms with E-state index in [9.17, 15) is 4.79 Å². The maximum atomic E-state index is 12.7. The fourth-order valence-electron chi connectivity index (χ4n) is 3.85. The Hall–Kier alpha value is -3.24. The van der Waals surface area contributed by atoms with Gasteiger partial charge < -0.3 is 19.1 Å². The van der Waals surface area contributed by atoms with Crippen LogP contribution >= 0.6 is 0 Å². The smallest absolute Gasteiger partial charge is 0.242 e. The number of carbonyl (C=O) groups excluding carboxylic acids is 1. The molecule has 1 unspecified atom stereocenters. The summed E-state index contributed by atoms with van der Waals surface area (Å²) in [5.41, 5.74) is 0.879. The predicted octanol–water partition coefficient (Wildman–Crippen LogP) is 2.58. The van der Waals surface area contributed by atoms with E-state index in [1.807, 2.05) is 31.2 Å². The number of aromatic nitrogens is 3. The maximum Gasteiger partial charge on any atom is 0.242 e. The third-order valence-corrected chi connectivity index (χ3v) is 5.59. The third-order valence-electron chi connectivity index (χ3n) is 5.59. The molecule has 1 aromatic carbocycles. The van der Waals surface area contributed by atoms with Gasteiger partial charge in [-0.3, -0.25) is 14.6 Å². The highest BCUT2D eigenvalue weighted by Gasteiger charge is 2.29. The fourth-order valence-corrected chi connectivity index (χ4v) is 3.85. The summed E-state index contributed by atoms with van der Waals surface area (Å²) in [5.74, 6) is 2.98. The van der Waals surface area contributed by atoms with Gasteiger partial charge in [-0.15, -0.1) is 0 Å². The molecule has 1 fully saturated rings. The minimum Gasteiger partial charge on any atom is -0.497 e. The number of nitrogens with zero attached hydrogens (tertiary/aromatic N) is 5. The number of benzene rings is 1. The van der Waals surface area contributed by atoms with Crippen molar-refractivity contribution in [1.29, 1.82) is 0 Å². The molecule has 0 spiro atoms. The van der Waals surface area contributed by atoms with Gasteiger partial charge in [0.2, 0.25) is 17.6 Å². The summed E-state index contributed by atoms with van der Waals surface area (Å²) < 4.78 is 15.7. The summed E-state index contributed by atoms with van der Waals surface area (Å²) in [7, 11) is 1.63. The topological polar surface area (TPSA) is 110 Å². The van der Waals surface area contributed by atoms with Gasteiger partial charge in [0, 0.05) is 37.8 Å². The number of anilines is 1. The first-order valence-electron chi connectivity index (χ1n) is 10.7. The predicted molar refractivity (Wildman–Crippen MR) is 117 cm³/mol. The molecule has 1 atom stereocenters. The average molecular weight is 441 g/mol. The first-order chi connectivity index (χ1) is 15.6. The normalized spacial score (nSPS) is 16.1. The number of methoxy groups -OCH3 is 1. The number of amides is 1. The molecule has 10 heteroatoms. The van der Waals surface area contributed by atoms with Gasteiger partial charge in [0.15, 0.2) is 5.82 Å². The maximum absolute atomic E-state index is 12.7. The Morgan fingerprint density at radius 2 is 1.91 bits per heavy atom. The van der Waals surface area contributed by atoms with Gasteiger partial charge in [0.1, 0.15) is 11.5 Å². The second kappa shape index (κ2) is 9.92. The molecule has 32 heavy (non-hydrogen) atoms. The number of piperazine rings is 1. The van der Waals surface area contributed by atoms with Crippen molar-refractivity contribution in [2.75, 3.05) is 38.6 Å². The molecule has 2 aromatic heterocycles. The summed E-state index contributed by atoms with van der Waals surface area (Å²) in [6, 6.07) is 9.06. The highest BCUT2D eigenvalue weighted by atomic mass is 16.5. The standard InChI is InChI=1S/C22H28N6O4/c1-4-18(22(29)23-19-13-15(2)31-25-19)28-11-9-27(10-12-28)14-20-24-21(26-32-20)16-5-7-17(30-3)8-6-16/h5-8,13,18H,4,9-12,14H2,1-3H3,(H,23,25,29). The Bertz CT molecular complexity index is 1020. The van der Waals surface area contributed by atoms with Crippen LogP contribution in [0.1, 0.15) is 25.0 Å². The number of ether oxygens (including phenoxy) is 1. The van der Waals surface area contributed by atoms with E-state index in [1.165, 1.54) is 0 Å². The summed E-state index contributed by atoms with van der Waals surface area (Å²) in [6.07, 6.45) is 0.720. The van der Waals surface area contributed by atoms with E-state index in [0.29, 0.717) is 29.8 Å². The van der Waals surface area contributed by atoms with Crippen molar-refractivity contribution in [3.05, 3.63) is 42.0 Å². The van der Waals surface area contributed by atoms with Gasteiger partial charge >= 0.3 is 0 Å². The molecule has 1 amide bonds.